The number of hydrogen-bond donors (Lipinski definition) is 6. The first-order valence-corrected chi connectivity index (χ1v) is 11.8. The average molecular weight is 543 g/mol. The number of nitrogens with zero attached hydrogens (tertiary/aromatic N) is 2. The molecule has 208 valence electrons. The van der Waals surface area contributed by atoms with Gasteiger partial charge in [0.25, 0.3) is 11.8 Å². The number of anilines is 1. The molecule has 1 aromatic rings. The van der Waals surface area contributed by atoms with E-state index in [1.807, 2.05) is 0 Å². The van der Waals surface area contributed by atoms with E-state index in [0.717, 1.165) is 17.1 Å². The molecule has 3 atom stereocenters. The lowest BCUT2D eigenvalue weighted by molar-refractivity contribution is -0.136. The molecule has 0 aromatic heterocycles. The Morgan fingerprint density at radius 1 is 0.949 bits per heavy atom. The van der Waals surface area contributed by atoms with Gasteiger partial charge >= 0.3 is 6.03 Å². The third kappa shape index (κ3) is 9.81. The highest BCUT2D eigenvalue weighted by Crippen LogP contribution is 2.10. The van der Waals surface area contributed by atoms with Crippen LogP contribution in [0.15, 0.2) is 41.4 Å². The molecule has 8 amide bonds. The number of hydrogen-bond acceptors (Lipinski definition) is 8. The van der Waals surface area contributed by atoms with Crippen molar-refractivity contribution in [1.29, 1.82) is 0 Å². The Morgan fingerprint density at radius 2 is 1.56 bits per heavy atom. The summed E-state index contributed by atoms with van der Waals surface area (Å²) in [5.74, 6) is -3.74. The van der Waals surface area contributed by atoms with E-state index in [0.29, 0.717) is 11.3 Å². The summed E-state index contributed by atoms with van der Waals surface area (Å²) < 4.78 is 0. The molecular formula is C24H30N8O7. The van der Waals surface area contributed by atoms with Crippen LogP contribution in [-0.4, -0.2) is 83.8 Å². The molecule has 0 bridgehead atoms. The first kappa shape index (κ1) is 30.3. The summed E-state index contributed by atoms with van der Waals surface area (Å²) in [4.78, 5) is 87.8. The summed E-state index contributed by atoms with van der Waals surface area (Å²) in [5.41, 5.74) is 11.5. The van der Waals surface area contributed by atoms with Crippen molar-refractivity contribution in [3.05, 3.63) is 42.0 Å². The van der Waals surface area contributed by atoms with Gasteiger partial charge in [0.2, 0.25) is 23.6 Å². The van der Waals surface area contributed by atoms with Crippen molar-refractivity contribution >= 4 is 53.4 Å². The second-order valence-electron chi connectivity index (χ2n) is 8.51. The largest absolute Gasteiger partial charge is 0.370 e. The first-order chi connectivity index (χ1) is 18.4. The standard InChI is InChI=1S/C24H30N8O7/c1-13(25)21(36)29-14(2)22(37)31-17(11-18(26)33)23(38)30-16-5-3-15(4-6-16)12-28-24(39)27-9-10-32-19(34)7-8-20(32)35/h3-8,12-14,17H,9-11,25H2,1-2H3,(H2,26,33)(H,27,39)(H,29,36)(H,30,38)(H,31,37). The normalized spacial score (nSPS) is 15.0. The lowest BCUT2D eigenvalue weighted by atomic mass is 10.1. The first-order valence-electron chi connectivity index (χ1n) is 11.8. The summed E-state index contributed by atoms with van der Waals surface area (Å²) in [6.45, 7) is 2.87. The van der Waals surface area contributed by atoms with Crippen molar-refractivity contribution in [2.24, 2.45) is 16.5 Å². The maximum absolute atomic E-state index is 12.7. The number of nitrogens with two attached hydrogens (primary N) is 2. The van der Waals surface area contributed by atoms with Crippen LogP contribution in [0.2, 0.25) is 0 Å². The molecular weight excluding hydrogens is 512 g/mol. The lowest BCUT2D eigenvalue weighted by Crippen LogP contribution is -2.54. The summed E-state index contributed by atoms with van der Waals surface area (Å²) in [6, 6.07) is 2.24. The van der Waals surface area contributed by atoms with Gasteiger partial charge in [-0.2, -0.15) is 0 Å². The van der Waals surface area contributed by atoms with Crippen molar-refractivity contribution in [3.63, 3.8) is 0 Å². The van der Waals surface area contributed by atoms with Crippen LogP contribution in [0.5, 0.6) is 0 Å². The Hall–Kier alpha value is -4.92. The Kier molecular flexibility index (Phi) is 11.0. The van der Waals surface area contributed by atoms with Crippen molar-refractivity contribution in [1.82, 2.24) is 20.9 Å². The fourth-order valence-electron chi connectivity index (χ4n) is 3.10. The van der Waals surface area contributed by atoms with Gasteiger partial charge in [-0.1, -0.05) is 12.1 Å². The fourth-order valence-corrected chi connectivity index (χ4v) is 3.10. The number of rotatable bonds is 12. The zero-order chi connectivity index (χ0) is 29.1. The fraction of sp³-hybridized carbons (Fsp3) is 0.333. The predicted molar refractivity (Wildman–Crippen MR) is 139 cm³/mol. The van der Waals surface area contributed by atoms with Crippen molar-refractivity contribution in [3.8, 4) is 0 Å². The van der Waals surface area contributed by atoms with Crippen LogP contribution in [0.3, 0.4) is 0 Å². The van der Waals surface area contributed by atoms with E-state index in [2.05, 4.69) is 26.3 Å². The number of primary amides is 1. The second kappa shape index (κ2) is 14.1. The SMILES string of the molecule is CC(N)C(=O)NC(C)C(=O)NC(CC(N)=O)C(=O)Nc1ccc(C=NC(=O)NCCN2C(=O)C=CC2=O)cc1. The monoisotopic (exact) mass is 542 g/mol. The number of imide groups is 1. The maximum atomic E-state index is 12.7. The van der Waals surface area contributed by atoms with Gasteiger partial charge < -0.3 is 32.7 Å². The van der Waals surface area contributed by atoms with Crippen LogP contribution >= 0.6 is 0 Å². The smallest absolute Gasteiger partial charge is 0.340 e. The number of nitrogens with one attached hydrogen (secondary N) is 4. The number of carbonyl (C=O) groups excluding carboxylic acids is 7. The van der Waals surface area contributed by atoms with E-state index >= 15 is 0 Å². The number of urea groups is 1. The Balaban J connectivity index is 1.89. The molecule has 2 rings (SSSR count). The minimum absolute atomic E-state index is 0.0119. The van der Waals surface area contributed by atoms with E-state index in [4.69, 9.17) is 11.5 Å². The van der Waals surface area contributed by atoms with Gasteiger partial charge in [-0.15, -0.1) is 0 Å². The van der Waals surface area contributed by atoms with Gasteiger partial charge in [0.15, 0.2) is 0 Å². The van der Waals surface area contributed by atoms with Gasteiger partial charge in [0.1, 0.15) is 12.1 Å². The summed E-state index contributed by atoms with van der Waals surface area (Å²) in [5, 5.41) is 9.77. The van der Waals surface area contributed by atoms with Crippen LogP contribution in [0.4, 0.5) is 10.5 Å². The van der Waals surface area contributed by atoms with Gasteiger partial charge in [0.05, 0.1) is 12.5 Å². The second-order valence-corrected chi connectivity index (χ2v) is 8.51. The number of benzene rings is 1. The molecule has 0 radical (unpaired) electrons. The number of carbonyl (C=O) groups is 7. The van der Waals surface area contributed by atoms with E-state index in [9.17, 15) is 33.6 Å². The molecule has 1 heterocycles. The molecule has 8 N–H and O–H groups in total. The van der Waals surface area contributed by atoms with Gasteiger partial charge in [-0.3, -0.25) is 33.7 Å². The molecule has 0 aliphatic carbocycles. The van der Waals surface area contributed by atoms with Crippen molar-refractivity contribution < 1.29 is 33.6 Å². The van der Waals surface area contributed by atoms with E-state index in [1.165, 1.54) is 32.2 Å². The van der Waals surface area contributed by atoms with Crippen molar-refractivity contribution in [2.75, 3.05) is 18.4 Å². The zero-order valence-corrected chi connectivity index (χ0v) is 21.3. The molecule has 3 unspecified atom stereocenters. The van der Waals surface area contributed by atoms with Crippen LogP contribution in [-0.2, 0) is 28.8 Å². The Labute approximate surface area is 223 Å². The van der Waals surface area contributed by atoms with Crippen LogP contribution < -0.4 is 32.7 Å². The molecule has 15 nitrogen and oxygen atoms in total. The average Bonchev–Trinajstić information content (AvgIpc) is 3.19. The molecule has 0 saturated heterocycles. The Bertz CT molecular complexity index is 1180. The number of amides is 8. The highest BCUT2D eigenvalue weighted by atomic mass is 16.2. The Morgan fingerprint density at radius 3 is 2.13 bits per heavy atom. The van der Waals surface area contributed by atoms with Gasteiger partial charge in [-0.05, 0) is 31.5 Å². The quantitative estimate of drug-likeness (QED) is 0.126. The predicted octanol–water partition coefficient (Wildman–Crippen LogP) is -2.11. The van der Waals surface area contributed by atoms with Crippen LogP contribution in [0.25, 0.3) is 0 Å². The van der Waals surface area contributed by atoms with E-state index in [-0.39, 0.29) is 13.1 Å². The molecule has 1 aliphatic rings. The molecule has 0 spiro atoms. The number of aliphatic imine (C=N–C) groups is 1. The molecule has 15 heteroatoms. The maximum Gasteiger partial charge on any atom is 0.340 e. The van der Waals surface area contributed by atoms with E-state index in [1.54, 1.807) is 12.1 Å². The van der Waals surface area contributed by atoms with E-state index < -0.39 is 66.0 Å². The minimum Gasteiger partial charge on any atom is -0.370 e. The summed E-state index contributed by atoms with van der Waals surface area (Å²) in [7, 11) is 0. The molecule has 1 aromatic carbocycles. The molecule has 1 aliphatic heterocycles. The molecule has 0 fully saturated rings. The summed E-state index contributed by atoms with van der Waals surface area (Å²) >= 11 is 0. The third-order valence-electron chi connectivity index (χ3n) is 5.23. The van der Waals surface area contributed by atoms with Gasteiger partial charge in [0, 0.05) is 37.1 Å². The summed E-state index contributed by atoms with van der Waals surface area (Å²) in [6.07, 6.45) is 3.08. The van der Waals surface area contributed by atoms with Crippen LogP contribution in [0, 0.1) is 0 Å². The highest BCUT2D eigenvalue weighted by molar-refractivity contribution is 6.12. The third-order valence-corrected chi connectivity index (χ3v) is 5.23. The highest BCUT2D eigenvalue weighted by Gasteiger charge is 2.26. The topological polar surface area (TPSA) is 235 Å². The minimum atomic E-state index is -1.31. The molecule has 39 heavy (non-hydrogen) atoms. The van der Waals surface area contributed by atoms with Gasteiger partial charge in [-0.25, -0.2) is 9.79 Å². The van der Waals surface area contributed by atoms with Crippen LogP contribution in [0.1, 0.15) is 25.8 Å². The molecule has 0 saturated carbocycles. The lowest BCUT2D eigenvalue weighted by Gasteiger charge is -2.21. The zero-order valence-electron chi connectivity index (χ0n) is 21.3. The van der Waals surface area contributed by atoms with Crippen molar-refractivity contribution in [2.45, 2.75) is 38.4 Å².